The van der Waals surface area contributed by atoms with Crippen LogP contribution in [0.2, 0.25) is 0 Å². The lowest BCUT2D eigenvalue weighted by Crippen LogP contribution is -2.18. The Labute approximate surface area is 106 Å². The molecule has 0 atom stereocenters. The fraction of sp³-hybridized carbons (Fsp3) is 0.417. The van der Waals surface area contributed by atoms with Gasteiger partial charge in [0, 0.05) is 19.2 Å². The first kappa shape index (κ1) is 13.7. The number of hydrogen-bond acceptors (Lipinski definition) is 4. The lowest BCUT2D eigenvalue weighted by Gasteiger charge is -2.10. The van der Waals surface area contributed by atoms with Crippen LogP contribution in [0.3, 0.4) is 0 Å². The Morgan fingerprint density at radius 2 is 2.24 bits per heavy atom. The van der Waals surface area contributed by atoms with Crippen molar-refractivity contribution in [3.63, 3.8) is 0 Å². The van der Waals surface area contributed by atoms with Gasteiger partial charge in [0.15, 0.2) is 0 Å². The van der Waals surface area contributed by atoms with Crippen LogP contribution in [0.1, 0.15) is 16.8 Å². The maximum atomic E-state index is 11.5. The first-order valence-electron chi connectivity index (χ1n) is 5.53. The highest BCUT2D eigenvalue weighted by Gasteiger charge is 2.06. The molecule has 0 aliphatic rings. The minimum absolute atomic E-state index is 0.0998. The van der Waals surface area contributed by atoms with Crippen molar-refractivity contribution in [1.82, 2.24) is 5.32 Å². The molecule has 0 bridgehead atoms. The van der Waals surface area contributed by atoms with Crippen molar-refractivity contribution in [3.05, 3.63) is 23.8 Å². The molecule has 1 aromatic carbocycles. The molecule has 0 saturated carbocycles. The van der Waals surface area contributed by atoms with E-state index in [1.807, 2.05) is 11.8 Å². The number of carbonyl (C=O) groups is 1. The Kier molecular flexibility index (Phi) is 5.69. The van der Waals surface area contributed by atoms with E-state index in [0.29, 0.717) is 11.3 Å². The third-order valence-corrected chi connectivity index (χ3v) is 3.08. The van der Waals surface area contributed by atoms with Gasteiger partial charge >= 0.3 is 0 Å². The first-order valence-corrected chi connectivity index (χ1v) is 6.93. The number of carbonyl (C=O) groups excluding carboxylic acids is 1. The van der Waals surface area contributed by atoms with Crippen LogP contribution < -0.4 is 16.4 Å². The second kappa shape index (κ2) is 7.06. The second-order valence-corrected chi connectivity index (χ2v) is 4.64. The molecule has 0 heterocycles. The highest BCUT2D eigenvalue weighted by molar-refractivity contribution is 7.98. The summed E-state index contributed by atoms with van der Waals surface area (Å²) in [6.45, 7) is 0.863. The third-order valence-electron chi connectivity index (χ3n) is 2.38. The van der Waals surface area contributed by atoms with Crippen LogP contribution in [0, 0.1) is 0 Å². The van der Waals surface area contributed by atoms with Gasteiger partial charge in [-0.15, -0.1) is 0 Å². The predicted molar refractivity (Wildman–Crippen MR) is 75.7 cm³/mol. The maximum absolute atomic E-state index is 11.5. The Morgan fingerprint density at radius 1 is 1.47 bits per heavy atom. The molecule has 4 nitrogen and oxygen atoms in total. The zero-order valence-corrected chi connectivity index (χ0v) is 11.1. The monoisotopic (exact) mass is 253 g/mol. The zero-order chi connectivity index (χ0) is 12.7. The van der Waals surface area contributed by atoms with E-state index >= 15 is 0 Å². The number of thioether (sulfide) groups is 1. The summed E-state index contributed by atoms with van der Waals surface area (Å²) < 4.78 is 0. The summed E-state index contributed by atoms with van der Waals surface area (Å²) in [6, 6.07) is 5.26. The summed E-state index contributed by atoms with van der Waals surface area (Å²) in [5, 5.41) is 5.84. The van der Waals surface area contributed by atoms with Gasteiger partial charge < -0.3 is 16.4 Å². The van der Waals surface area contributed by atoms with Gasteiger partial charge in [-0.25, -0.2) is 0 Å². The summed E-state index contributed by atoms with van der Waals surface area (Å²) in [7, 11) is 1.62. The summed E-state index contributed by atoms with van der Waals surface area (Å²) >= 11 is 1.82. The van der Waals surface area contributed by atoms with Crippen LogP contribution in [-0.2, 0) is 0 Å². The zero-order valence-electron chi connectivity index (χ0n) is 10.2. The molecule has 0 fully saturated rings. The summed E-state index contributed by atoms with van der Waals surface area (Å²) in [6.07, 6.45) is 3.16. The number of benzene rings is 1. The average Bonchev–Trinajstić information content (AvgIpc) is 2.35. The number of rotatable bonds is 6. The fourth-order valence-electron chi connectivity index (χ4n) is 1.43. The second-order valence-electron chi connectivity index (χ2n) is 3.65. The quantitative estimate of drug-likeness (QED) is 0.534. The Hall–Kier alpha value is -1.36. The third kappa shape index (κ3) is 4.19. The van der Waals surface area contributed by atoms with E-state index in [-0.39, 0.29) is 5.91 Å². The number of nitrogens with two attached hydrogens (primary N) is 1. The smallest absolute Gasteiger partial charge is 0.251 e. The van der Waals surface area contributed by atoms with Crippen molar-refractivity contribution in [2.75, 3.05) is 36.7 Å². The van der Waals surface area contributed by atoms with Gasteiger partial charge in [0.1, 0.15) is 0 Å². The van der Waals surface area contributed by atoms with E-state index in [0.717, 1.165) is 24.4 Å². The molecular formula is C12H19N3OS. The summed E-state index contributed by atoms with van der Waals surface area (Å²) in [5.74, 6) is 1.01. The number of hydrogen-bond donors (Lipinski definition) is 3. The number of nitrogen functional groups attached to an aromatic ring is 1. The van der Waals surface area contributed by atoms with E-state index in [9.17, 15) is 4.79 Å². The van der Waals surface area contributed by atoms with Crippen LogP contribution in [-0.4, -0.2) is 31.5 Å². The molecule has 0 unspecified atom stereocenters. The number of nitrogens with one attached hydrogen (secondary N) is 2. The highest BCUT2D eigenvalue weighted by atomic mass is 32.2. The normalized spacial score (nSPS) is 10.0. The molecule has 1 rings (SSSR count). The van der Waals surface area contributed by atoms with E-state index in [4.69, 9.17) is 5.73 Å². The topological polar surface area (TPSA) is 67.2 Å². The Bertz CT molecular complexity index is 382. The van der Waals surface area contributed by atoms with Crippen molar-refractivity contribution in [2.45, 2.75) is 6.42 Å². The van der Waals surface area contributed by atoms with Gasteiger partial charge in [-0.05, 0) is 36.6 Å². The lowest BCUT2D eigenvalue weighted by molar-refractivity contribution is 0.0963. The molecule has 94 valence electrons. The van der Waals surface area contributed by atoms with Gasteiger partial charge in [-0.2, -0.15) is 11.8 Å². The summed E-state index contributed by atoms with van der Waals surface area (Å²) in [4.78, 5) is 11.5. The fourth-order valence-corrected chi connectivity index (χ4v) is 1.87. The van der Waals surface area contributed by atoms with E-state index < -0.39 is 0 Å². The van der Waals surface area contributed by atoms with E-state index in [1.54, 1.807) is 25.2 Å². The molecule has 1 aromatic rings. The van der Waals surface area contributed by atoms with E-state index in [1.165, 1.54) is 0 Å². The molecule has 0 saturated heterocycles. The van der Waals surface area contributed by atoms with Gasteiger partial charge in [-0.3, -0.25) is 4.79 Å². The molecule has 17 heavy (non-hydrogen) atoms. The van der Waals surface area contributed by atoms with Crippen LogP contribution in [0.5, 0.6) is 0 Å². The van der Waals surface area contributed by atoms with Crippen LogP contribution in [0.4, 0.5) is 11.4 Å². The number of anilines is 2. The molecule has 0 radical (unpaired) electrons. The van der Waals surface area contributed by atoms with Crippen molar-refractivity contribution in [3.8, 4) is 0 Å². The minimum Gasteiger partial charge on any atom is -0.397 e. The summed E-state index contributed by atoms with van der Waals surface area (Å²) in [5.41, 5.74) is 7.96. The molecule has 4 N–H and O–H groups in total. The van der Waals surface area contributed by atoms with Crippen molar-refractivity contribution >= 4 is 29.0 Å². The number of amides is 1. The largest absolute Gasteiger partial charge is 0.397 e. The molecule has 0 spiro atoms. The van der Waals surface area contributed by atoms with Crippen molar-refractivity contribution in [1.29, 1.82) is 0 Å². The molecule has 0 aliphatic heterocycles. The Balaban J connectivity index is 2.66. The predicted octanol–water partition coefficient (Wildman–Crippen LogP) is 1.79. The molecular weight excluding hydrogens is 234 g/mol. The standard InChI is InChI=1S/C12H19N3OS/c1-14-12(16)9-4-5-10(13)11(8-9)15-6-3-7-17-2/h4-5,8,15H,3,6-7,13H2,1-2H3,(H,14,16). The van der Waals surface area contributed by atoms with Crippen LogP contribution in [0.25, 0.3) is 0 Å². The van der Waals surface area contributed by atoms with Gasteiger partial charge in [0.05, 0.1) is 11.4 Å². The van der Waals surface area contributed by atoms with E-state index in [2.05, 4.69) is 16.9 Å². The van der Waals surface area contributed by atoms with Crippen molar-refractivity contribution < 1.29 is 4.79 Å². The highest BCUT2D eigenvalue weighted by Crippen LogP contribution is 2.20. The first-order chi connectivity index (χ1) is 8.19. The average molecular weight is 253 g/mol. The van der Waals surface area contributed by atoms with Crippen LogP contribution >= 0.6 is 11.8 Å². The van der Waals surface area contributed by atoms with Gasteiger partial charge in [0.25, 0.3) is 5.91 Å². The molecule has 5 heteroatoms. The Morgan fingerprint density at radius 3 is 2.88 bits per heavy atom. The van der Waals surface area contributed by atoms with Crippen molar-refractivity contribution in [2.24, 2.45) is 0 Å². The van der Waals surface area contributed by atoms with Crippen LogP contribution in [0.15, 0.2) is 18.2 Å². The minimum atomic E-state index is -0.0998. The van der Waals surface area contributed by atoms with Gasteiger partial charge in [-0.1, -0.05) is 0 Å². The maximum Gasteiger partial charge on any atom is 0.251 e. The lowest BCUT2D eigenvalue weighted by atomic mass is 10.1. The SMILES string of the molecule is CNC(=O)c1ccc(N)c(NCCCSC)c1. The molecule has 0 aromatic heterocycles. The molecule has 0 aliphatic carbocycles. The van der Waals surface area contributed by atoms with Gasteiger partial charge in [0.2, 0.25) is 0 Å². The molecule has 1 amide bonds.